The number of rotatable bonds is 3. The Morgan fingerprint density at radius 2 is 2.27 bits per heavy atom. The minimum absolute atomic E-state index is 0.0551. The van der Waals surface area contributed by atoms with Gasteiger partial charge in [0, 0.05) is 23.9 Å². The van der Waals surface area contributed by atoms with Gasteiger partial charge in [-0.2, -0.15) is 5.10 Å². The lowest BCUT2D eigenvalue weighted by Crippen LogP contribution is -1.93. The van der Waals surface area contributed by atoms with Crippen molar-refractivity contribution >= 4 is 17.2 Å². The standard InChI is InChI=1S/C9H8N4O2/c14-13(15)8-3-1-2-7(6-8)11-9-4-5-10-12-9/h1-6H,(H2,10,11,12). The molecule has 0 aliphatic heterocycles. The molecular weight excluding hydrogens is 196 g/mol. The number of nitro benzene ring substituents is 1. The summed E-state index contributed by atoms with van der Waals surface area (Å²) in [5, 5.41) is 19.9. The van der Waals surface area contributed by atoms with E-state index in [0.717, 1.165) is 0 Å². The van der Waals surface area contributed by atoms with Crippen LogP contribution in [0.4, 0.5) is 17.2 Å². The molecule has 0 fully saturated rings. The molecule has 0 spiro atoms. The van der Waals surface area contributed by atoms with Gasteiger partial charge >= 0.3 is 0 Å². The number of anilines is 2. The lowest BCUT2D eigenvalue weighted by molar-refractivity contribution is -0.384. The zero-order valence-corrected chi connectivity index (χ0v) is 7.68. The summed E-state index contributed by atoms with van der Waals surface area (Å²) in [5.41, 5.74) is 0.702. The molecule has 6 heteroatoms. The van der Waals surface area contributed by atoms with Crippen molar-refractivity contribution < 1.29 is 4.92 Å². The van der Waals surface area contributed by atoms with Gasteiger partial charge in [-0.1, -0.05) is 6.07 Å². The Kier molecular flexibility index (Phi) is 2.32. The third-order valence-electron chi connectivity index (χ3n) is 1.84. The molecule has 2 rings (SSSR count). The number of nitrogens with zero attached hydrogens (tertiary/aromatic N) is 2. The van der Waals surface area contributed by atoms with Gasteiger partial charge in [0.15, 0.2) is 0 Å². The number of aromatic nitrogens is 2. The number of aromatic amines is 1. The Bertz CT molecular complexity index is 467. The lowest BCUT2D eigenvalue weighted by atomic mass is 10.3. The summed E-state index contributed by atoms with van der Waals surface area (Å²) in [4.78, 5) is 10.1. The maximum absolute atomic E-state index is 10.5. The molecule has 0 aliphatic rings. The molecule has 0 radical (unpaired) electrons. The summed E-state index contributed by atoms with van der Waals surface area (Å²) in [5.74, 6) is 0.690. The number of non-ortho nitro benzene ring substituents is 1. The highest BCUT2D eigenvalue weighted by Gasteiger charge is 2.05. The molecule has 6 nitrogen and oxygen atoms in total. The maximum atomic E-state index is 10.5. The molecule has 0 bridgehead atoms. The Labute approximate surface area is 85.1 Å². The monoisotopic (exact) mass is 204 g/mol. The van der Waals surface area contributed by atoms with Crippen LogP contribution in [-0.2, 0) is 0 Å². The minimum atomic E-state index is -0.432. The van der Waals surface area contributed by atoms with Crippen molar-refractivity contribution in [2.24, 2.45) is 0 Å². The highest BCUT2D eigenvalue weighted by atomic mass is 16.6. The van der Waals surface area contributed by atoms with Crippen LogP contribution >= 0.6 is 0 Å². The molecule has 15 heavy (non-hydrogen) atoms. The SMILES string of the molecule is O=[N+]([O-])c1cccc(Nc2ccn[nH]2)c1. The van der Waals surface area contributed by atoms with Crippen molar-refractivity contribution in [3.63, 3.8) is 0 Å². The topological polar surface area (TPSA) is 83.8 Å². The van der Waals surface area contributed by atoms with Gasteiger partial charge in [-0.05, 0) is 6.07 Å². The zero-order valence-electron chi connectivity index (χ0n) is 7.68. The number of hydrogen-bond donors (Lipinski definition) is 2. The predicted octanol–water partition coefficient (Wildman–Crippen LogP) is 2.06. The third kappa shape index (κ3) is 2.11. The summed E-state index contributed by atoms with van der Waals surface area (Å²) in [7, 11) is 0. The molecule has 0 saturated carbocycles. The second kappa shape index (κ2) is 3.79. The van der Waals surface area contributed by atoms with Gasteiger partial charge in [0.2, 0.25) is 0 Å². The quantitative estimate of drug-likeness (QED) is 0.592. The van der Waals surface area contributed by atoms with Crippen molar-refractivity contribution in [1.29, 1.82) is 0 Å². The maximum Gasteiger partial charge on any atom is 0.271 e. The summed E-state index contributed by atoms with van der Waals surface area (Å²) in [6, 6.07) is 8.00. The van der Waals surface area contributed by atoms with Gasteiger partial charge < -0.3 is 5.32 Å². The van der Waals surface area contributed by atoms with E-state index >= 15 is 0 Å². The van der Waals surface area contributed by atoms with Gasteiger partial charge in [0.1, 0.15) is 5.82 Å². The van der Waals surface area contributed by atoms with Crippen LogP contribution in [0, 0.1) is 10.1 Å². The second-order valence-electron chi connectivity index (χ2n) is 2.90. The third-order valence-corrected chi connectivity index (χ3v) is 1.84. The van der Waals surface area contributed by atoms with Crippen molar-refractivity contribution in [1.82, 2.24) is 10.2 Å². The van der Waals surface area contributed by atoms with Crippen LogP contribution in [0.25, 0.3) is 0 Å². The Balaban J connectivity index is 2.22. The first kappa shape index (κ1) is 9.20. The molecule has 76 valence electrons. The number of nitro groups is 1. The van der Waals surface area contributed by atoms with Gasteiger partial charge in [-0.3, -0.25) is 15.2 Å². The van der Waals surface area contributed by atoms with E-state index in [1.807, 2.05) is 0 Å². The summed E-state index contributed by atoms with van der Waals surface area (Å²) < 4.78 is 0. The molecular formula is C9H8N4O2. The normalized spacial score (nSPS) is 9.87. The van der Waals surface area contributed by atoms with Crippen molar-refractivity contribution in [3.8, 4) is 0 Å². The van der Waals surface area contributed by atoms with Crippen molar-refractivity contribution in [2.75, 3.05) is 5.32 Å². The highest BCUT2D eigenvalue weighted by molar-refractivity contribution is 5.59. The smallest absolute Gasteiger partial charge is 0.271 e. The number of H-pyrrole nitrogens is 1. The van der Waals surface area contributed by atoms with E-state index in [0.29, 0.717) is 11.5 Å². The lowest BCUT2D eigenvalue weighted by Gasteiger charge is -2.02. The van der Waals surface area contributed by atoms with Crippen LogP contribution in [0.15, 0.2) is 36.5 Å². The Morgan fingerprint density at radius 3 is 2.93 bits per heavy atom. The van der Waals surface area contributed by atoms with E-state index in [-0.39, 0.29) is 5.69 Å². The van der Waals surface area contributed by atoms with Crippen LogP contribution in [0.5, 0.6) is 0 Å². The first-order chi connectivity index (χ1) is 7.25. The van der Waals surface area contributed by atoms with E-state index in [1.165, 1.54) is 12.1 Å². The molecule has 0 aliphatic carbocycles. The van der Waals surface area contributed by atoms with Crippen LogP contribution < -0.4 is 5.32 Å². The second-order valence-corrected chi connectivity index (χ2v) is 2.90. The molecule has 2 N–H and O–H groups in total. The molecule has 1 aromatic carbocycles. The molecule has 1 heterocycles. The van der Waals surface area contributed by atoms with Crippen molar-refractivity contribution in [3.05, 3.63) is 46.6 Å². The van der Waals surface area contributed by atoms with Crippen LogP contribution in [0.1, 0.15) is 0 Å². The predicted molar refractivity (Wildman–Crippen MR) is 55.0 cm³/mol. The first-order valence-electron chi connectivity index (χ1n) is 4.26. The molecule has 1 aromatic heterocycles. The fourth-order valence-electron chi connectivity index (χ4n) is 1.18. The average molecular weight is 204 g/mol. The Morgan fingerprint density at radius 1 is 1.40 bits per heavy atom. The molecule has 0 atom stereocenters. The summed E-state index contributed by atoms with van der Waals surface area (Å²) in [6.07, 6.45) is 1.60. The molecule has 0 amide bonds. The van der Waals surface area contributed by atoms with E-state index in [1.54, 1.807) is 24.4 Å². The fraction of sp³-hybridized carbons (Fsp3) is 0. The van der Waals surface area contributed by atoms with E-state index in [4.69, 9.17) is 0 Å². The van der Waals surface area contributed by atoms with Gasteiger partial charge in [-0.15, -0.1) is 0 Å². The largest absolute Gasteiger partial charge is 0.340 e. The van der Waals surface area contributed by atoms with Crippen LogP contribution in [0.3, 0.4) is 0 Å². The van der Waals surface area contributed by atoms with Crippen LogP contribution in [0.2, 0.25) is 0 Å². The van der Waals surface area contributed by atoms with Gasteiger partial charge in [0.05, 0.1) is 11.1 Å². The van der Waals surface area contributed by atoms with E-state index in [2.05, 4.69) is 15.5 Å². The first-order valence-corrected chi connectivity index (χ1v) is 4.26. The van der Waals surface area contributed by atoms with Crippen LogP contribution in [-0.4, -0.2) is 15.1 Å². The number of nitrogens with one attached hydrogen (secondary N) is 2. The Hall–Kier alpha value is -2.37. The summed E-state index contributed by atoms with van der Waals surface area (Å²) in [6.45, 7) is 0. The van der Waals surface area contributed by atoms with Gasteiger partial charge in [0.25, 0.3) is 5.69 Å². The van der Waals surface area contributed by atoms with E-state index < -0.39 is 4.92 Å². The molecule has 2 aromatic rings. The zero-order chi connectivity index (χ0) is 10.7. The molecule has 0 saturated heterocycles. The van der Waals surface area contributed by atoms with Crippen molar-refractivity contribution in [2.45, 2.75) is 0 Å². The minimum Gasteiger partial charge on any atom is -0.340 e. The number of hydrogen-bond acceptors (Lipinski definition) is 4. The summed E-state index contributed by atoms with van der Waals surface area (Å²) >= 11 is 0. The highest BCUT2D eigenvalue weighted by Crippen LogP contribution is 2.19. The van der Waals surface area contributed by atoms with E-state index in [9.17, 15) is 10.1 Å². The average Bonchev–Trinajstić information content (AvgIpc) is 2.71. The number of benzene rings is 1. The molecule has 0 unspecified atom stereocenters. The fourth-order valence-corrected chi connectivity index (χ4v) is 1.18. The van der Waals surface area contributed by atoms with Gasteiger partial charge in [-0.25, -0.2) is 0 Å².